The van der Waals surface area contributed by atoms with E-state index in [4.69, 9.17) is 4.74 Å². The first-order chi connectivity index (χ1) is 11.1. The molecule has 1 fully saturated rings. The Bertz CT molecular complexity index is 685. The van der Waals surface area contributed by atoms with Gasteiger partial charge in [0.05, 0.1) is 12.8 Å². The topological polar surface area (TPSA) is 58.2 Å². The monoisotopic (exact) mass is 313 g/mol. The number of aromatic nitrogens is 2. The molecule has 0 spiro atoms. The zero-order valence-corrected chi connectivity index (χ0v) is 13.9. The minimum atomic E-state index is 0.0325. The largest absolute Gasteiger partial charge is 0.497 e. The van der Waals surface area contributed by atoms with E-state index < -0.39 is 0 Å². The fourth-order valence-electron chi connectivity index (χ4n) is 3.36. The summed E-state index contributed by atoms with van der Waals surface area (Å²) < 4.78 is 5.24. The van der Waals surface area contributed by atoms with Crippen LogP contribution < -0.4 is 4.74 Å². The van der Waals surface area contributed by atoms with E-state index >= 15 is 0 Å². The number of piperidine rings is 1. The number of nitrogens with one attached hydrogen (secondary N) is 1. The molecule has 0 aliphatic carbocycles. The van der Waals surface area contributed by atoms with Crippen LogP contribution in [-0.2, 0) is 0 Å². The van der Waals surface area contributed by atoms with Crippen LogP contribution in [0.3, 0.4) is 0 Å². The van der Waals surface area contributed by atoms with Gasteiger partial charge in [-0.25, -0.2) is 0 Å². The summed E-state index contributed by atoms with van der Waals surface area (Å²) in [4.78, 5) is 14.6. The molecule has 3 rings (SSSR count). The predicted octanol–water partition coefficient (Wildman–Crippen LogP) is 3.20. The molecule has 5 heteroatoms. The van der Waals surface area contributed by atoms with Gasteiger partial charge in [0.15, 0.2) is 0 Å². The summed E-state index contributed by atoms with van der Waals surface area (Å²) in [6.07, 6.45) is 1.18. The Morgan fingerprint density at radius 1 is 1.26 bits per heavy atom. The Morgan fingerprint density at radius 3 is 2.70 bits per heavy atom. The van der Waals surface area contributed by atoms with Crippen LogP contribution in [0.4, 0.5) is 0 Å². The highest BCUT2D eigenvalue weighted by Crippen LogP contribution is 2.25. The van der Waals surface area contributed by atoms with E-state index in [0.29, 0.717) is 17.5 Å². The lowest BCUT2D eigenvalue weighted by Gasteiger charge is -2.34. The zero-order valence-electron chi connectivity index (χ0n) is 13.9. The number of hydrogen-bond acceptors (Lipinski definition) is 3. The molecule has 2 atom stereocenters. The maximum atomic E-state index is 12.7. The zero-order chi connectivity index (χ0) is 16.4. The molecule has 122 valence electrons. The van der Waals surface area contributed by atoms with E-state index in [1.165, 1.54) is 6.42 Å². The van der Waals surface area contributed by atoms with Gasteiger partial charge in [0.25, 0.3) is 5.91 Å². The number of likely N-dealkylation sites (tertiary alicyclic amines) is 1. The maximum Gasteiger partial charge on any atom is 0.271 e. The first-order valence-electron chi connectivity index (χ1n) is 8.06. The smallest absolute Gasteiger partial charge is 0.271 e. The number of nitrogens with zero attached hydrogens (tertiary/aromatic N) is 2. The van der Waals surface area contributed by atoms with Gasteiger partial charge in [0, 0.05) is 18.7 Å². The average Bonchev–Trinajstić information content (AvgIpc) is 3.03. The van der Waals surface area contributed by atoms with Crippen LogP contribution in [-0.4, -0.2) is 41.2 Å². The normalized spacial score (nSPS) is 21.3. The van der Waals surface area contributed by atoms with Gasteiger partial charge in [0.2, 0.25) is 0 Å². The molecule has 1 aliphatic rings. The first kappa shape index (κ1) is 15.6. The van der Waals surface area contributed by atoms with Crippen molar-refractivity contribution in [1.82, 2.24) is 15.1 Å². The summed E-state index contributed by atoms with van der Waals surface area (Å²) in [6, 6.07) is 9.49. The van der Waals surface area contributed by atoms with Crippen molar-refractivity contribution in [1.29, 1.82) is 0 Å². The summed E-state index contributed by atoms with van der Waals surface area (Å²) in [6.45, 7) is 6.03. The molecule has 0 saturated carbocycles. The van der Waals surface area contributed by atoms with Crippen LogP contribution in [0.5, 0.6) is 5.75 Å². The molecule has 1 aromatic carbocycles. The predicted molar refractivity (Wildman–Crippen MR) is 89.4 cm³/mol. The third kappa shape index (κ3) is 3.38. The average molecular weight is 313 g/mol. The van der Waals surface area contributed by atoms with Crippen molar-refractivity contribution in [3.8, 4) is 17.0 Å². The number of benzene rings is 1. The molecule has 1 aliphatic heterocycles. The second kappa shape index (κ2) is 6.44. The van der Waals surface area contributed by atoms with Crippen LogP contribution in [0.2, 0.25) is 0 Å². The third-order valence-corrected chi connectivity index (χ3v) is 4.33. The van der Waals surface area contributed by atoms with Crippen molar-refractivity contribution >= 4 is 5.91 Å². The number of H-pyrrole nitrogens is 1. The second-order valence-electron chi connectivity index (χ2n) is 6.55. The number of carbonyl (C=O) groups excluding carboxylic acids is 1. The fourth-order valence-corrected chi connectivity index (χ4v) is 3.36. The van der Waals surface area contributed by atoms with E-state index in [2.05, 4.69) is 24.0 Å². The van der Waals surface area contributed by atoms with Crippen LogP contribution >= 0.6 is 0 Å². The van der Waals surface area contributed by atoms with E-state index in [9.17, 15) is 4.79 Å². The summed E-state index contributed by atoms with van der Waals surface area (Å²) in [7, 11) is 1.64. The minimum absolute atomic E-state index is 0.0325. The summed E-state index contributed by atoms with van der Waals surface area (Å²) in [5.41, 5.74) is 2.23. The molecule has 2 heterocycles. The molecule has 0 radical (unpaired) electrons. The fraction of sp³-hybridized carbons (Fsp3) is 0.444. The molecule has 1 saturated heterocycles. The van der Waals surface area contributed by atoms with Gasteiger partial charge in [-0.1, -0.05) is 26.0 Å². The molecule has 1 amide bonds. The Morgan fingerprint density at radius 2 is 2.00 bits per heavy atom. The van der Waals surface area contributed by atoms with Gasteiger partial charge in [-0.15, -0.1) is 0 Å². The number of ether oxygens (including phenoxy) is 1. The second-order valence-corrected chi connectivity index (χ2v) is 6.55. The molecule has 5 nitrogen and oxygen atoms in total. The van der Waals surface area contributed by atoms with E-state index in [1.54, 1.807) is 7.11 Å². The Hall–Kier alpha value is -2.30. The molecule has 0 unspecified atom stereocenters. The van der Waals surface area contributed by atoms with Crippen LogP contribution in [0, 0.1) is 11.8 Å². The standard InChI is InChI=1S/C18H23N3O2/c1-12-7-13(2)11-21(10-12)18(22)17-9-16(19-20-17)14-5-4-6-15(8-14)23-3/h4-6,8-9,12-13H,7,10-11H2,1-3H3,(H,19,20)/t12-,13-/m1/s1. The van der Waals surface area contributed by atoms with Crippen molar-refractivity contribution < 1.29 is 9.53 Å². The van der Waals surface area contributed by atoms with Crippen LogP contribution in [0.15, 0.2) is 30.3 Å². The van der Waals surface area contributed by atoms with Gasteiger partial charge in [-0.05, 0) is 36.5 Å². The highest BCUT2D eigenvalue weighted by atomic mass is 16.5. The first-order valence-corrected chi connectivity index (χ1v) is 8.06. The Balaban J connectivity index is 1.79. The Labute approximate surface area is 136 Å². The maximum absolute atomic E-state index is 12.7. The number of methoxy groups -OCH3 is 1. The summed E-state index contributed by atoms with van der Waals surface area (Å²) >= 11 is 0. The Kier molecular flexibility index (Phi) is 4.37. The van der Waals surface area contributed by atoms with Crippen LogP contribution in [0.1, 0.15) is 30.8 Å². The lowest BCUT2D eigenvalue weighted by molar-refractivity contribution is 0.0617. The third-order valence-electron chi connectivity index (χ3n) is 4.33. The van der Waals surface area contributed by atoms with E-state index in [-0.39, 0.29) is 5.91 Å². The molecule has 0 bridgehead atoms. The minimum Gasteiger partial charge on any atom is -0.497 e. The molecule has 1 N–H and O–H groups in total. The number of rotatable bonds is 3. The highest BCUT2D eigenvalue weighted by molar-refractivity contribution is 5.93. The van der Waals surface area contributed by atoms with Gasteiger partial charge in [-0.2, -0.15) is 5.10 Å². The van der Waals surface area contributed by atoms with E-state index in [1.807, 2.05) is 35.2 Å². The van der Waals surface area contributed by atoms with Gasteiger partial charge < -0.3 is 9.64 Å². The van der Waals surface area contributed by atoms with Crippen molar-refractivity contribution in [2.45, 2.75) is 20.3 Å². The molecule has 1 aromatic heterocycles. The molecule has 2 aromatic rings. The number of carbonyl (C=O) groups is 1. The van der Waals surface area contributed by atoms with Crippen LogP contribution in [0.25, 0.3) is 11.3 Å². The molecular formula is C18H23N3O2. The number of aromatic amines is 1. The van der Waals surface area contributed by atoms with Gasteiger partial charge in [-0.3, -0.25) is 9.89 Å². The summed E-state index contributed by atoms with van der Waals surface area (Å²) in [5, 5.41) is 7.17. The van der Waals surface area contributed by atoms with E-state index in [0.717, 1.165) is 30.1 Å². The SMILES string of the molecule is COc1cccc(-c2cc(C(=O)N3C[C@H](C)C[C@@H](C)C3)[nH]n2)c1. The lowest BCUT2D eigenvalue weighted by atomic mass is 9.92. The lowest BCUT2D eigenvalue weighted by Crippen LogP contribution is -2.42. The number of amides is 1. The van der Waals surface area contributed by atoms with Gasteiger partial charge in [0.1, 0.15) is 11.4 Å². The van der Waals surface area contributed by atoms with Crippen molar-refractivity contribution in [3.05, 3.63) is 36.0 Å². The van der Waals surface area contributed by atoms with Gasteiger partial charge >= 0.3 is 0 Å². The summed E-state index contributed by atoms with van der Waals surface area (Å²) in [5.74, 6) is 1.90. The van der Waals surface area contributed by atoms with Crippen molar-refractivity contribution in [2.24, 2.45) is 11.8 Å². The molecule has 23 heavy (non-hydrogen) atoms. The quantitative estimate of drug-likeness (QED) is 0.946. The molecular weight excluding hydrogens is 290 g/mol. The highest BCUT2D eigenvalue weighted by Gasteiger charge is 2.27. The van der Waals surface area contributed by atoms with Crippen molar-refractivity contribution in [2.75, 3.05) is 20.2 Å². The van der Waals surface area contributed by atoms with Crippen molar-refractivity contribution in [3.63, 3.8) is 0 Å². The number of hydrogen-bond donors (Lipinski definition) is 1.